The van der Waals surface area contributed by atoms with E-state index < -0.39 is 0 Å². The molecule has 1 saturated heterocycles. The Morgan fingerprint density at radius 1 is 1.12 bits per heavy atom. The van der Waals surface area contributed by atoms with Crippen LogP contribution in [0.3, 0.4) is 0 Å². The molecule has 0 bridgehead atoms. The minimum absolute atomic E-state index is 0.0682. The van der Waals surface area contributed by atoms with Crippen molar-refractivity contribution in [3.05, 3.63) is 30.3 Å². The highest BCUT2D eigenvalue weighted by atomic mass is 16.5. The number of rotatable bonds is 7. The van der Waals surface area contributed by atoms with Crippen molar-refractivity contribution in [3.63, 3.8) is 0 Å². The average molecular weight is 348 g/mol. The van der Waals surface area contributed by atoms with Gasteiger partial charge in [0, 0.05) is 43.8 Å². The summed E-state index contributed by atoms with van der Waals surface area (Å²) in [5.41, 5.74) is 0.606. The van der Waals surface area contributed by atoms with Gasteiger partial charge < -0.3 is 20.7 Å². The molecule has 0 radical (unpaired) electrons. The Hall–Kier alpha value is -2.12. The van der Waals surface area contributed by atoms with Gasteiger partial charge in [-0.05, 0) is 26.0 Å². The second-order valence-corrected chi connectivity index (χ2v) is 6.69. The van der Waals surface area contributed by atoms with Crippen LogP contribution in [0.4, 0.5) is 10.5 Å². The maximum absolute atomic E-state index is 12.0. The zero-order valence-electron chi connectivity index (χ0n) is 15.0. The monoisotopic (exact) mass is 348 g/mol. The Morgan fingerprint density at radius 2 is 1.80 bits per heavy atom. The number of para-hydroxylation sites is 1. The molecule has 3 N–H and O–H groups in total. The van der Waals surface area contributed by atoms with Crippen molar-refractivity contribution in [1.82, 2.24) is 15.5 Å². The summed E-state index contributed by atoms with van der Waals surface area (Å²) in [7, 11) is 0. The van der Waals surface area contributed by atoms with Crippen molar-refractivity contribution < 1.29 is 14.3 Å². The minimum Gasteiger partial charge on any atom is -0.379 e. The van der Waals surface area contributed by atoms with E-state index in [-0.39, 0.29) is 23.9 Å². The lowest BCUT2D eigenvalue weighted by atomic mass is 10.0. The third kappa shape index (κ3) is 6.72. The summed E-state index contributed by atoms with van der Waals surface area (Å²) < 4.78 is 5.36. The van der Waals surface area contributed by atoms with E-state index in [1.807, 2.05) is 18.2 Å². The molecule has 0 unspecified atom stereocenters. The molecule has 7 nitrogen and oxygen atoms in total. The van der Waals surface area contributed by atoms with E-state index >= 15 is 0 Å². The fourth-order valence-electron chi connectivity index (χ4n) is 2.67. The molecule has 1 heterocycles. The molecule has 0 spiro atoms. The first-order chi connectivity index (χ1) is 12.0. The molecule has 0 aromatic heterocycles. The van der Waals surface area contributed by atoms with Gasteiger partial charge in [-0.1, -0.05) is 18.2 Å². The molecule has 7 heteroatoms. The molecule has 1 fully saturated rings. The van der Waals surface area contributed by atoms with E-state index in [0.29, 0.717) is 13.1 Å². The van der Waals surface area contributed by atoms with Crippen LogP contribution in [0.1, 0.15) is 20.3 Å². The topological polar surface area (TPSA) is 82.7 Å². The third-order valence-electron chi connectivity index (χ3n) is 4.25. The van der Waals surface area contributed by atoms with Gasteiger partial charge in [-0.2, -0.15) is 0 Å². The van der Waals surface area contributed by atoms with E-state index in [2.05, 4.69) is 34.7 Å². The molecule has 0 saturated carbocycles. The Kier molecular flexibility index (Phi) is 7.21. The van der Waals surface area contributed by atoms with Gasteiger partial charge in [-0.15, -0.1) is 0 Å². The van der Waals surface area contributed by atoms with Gasteiger partial charge in [-0.3, -0.25) is 9.69 Å². The summed E-state index contributed by atoms with van der Waals surface area (Å²) in [6.07, 6.45) is 0.251. The van der Waals surface area contributed by atoms with Crippen LogP contribution in [0.15, 0.2) is 30.3 Å². The molecular formula is C18H28N4O3. The van der Waals surface area contributed by atoms with Crippen molar-refractivity contribution in [2.24, 2.45) is 0 Å². The predicted octanol–water partition coefficient (Wildman–Crippen LogP) is 1.43. The van der Waals surface area contributed by atoms with Gasteiger partial charge in [0.25, 0.3) is 0 Å². The van der Waals surface area contributed by atoms with Crippen molar-refractivity contribution >= 4 is 17.6 Å². The molecule has 2 rings (SSSR count). The van der Waals surface area contributed by atoms with E-state index in [0.717, 1.165) is 32.0 Å². The smallest absolute Gasteiger partial charge is 0.319 e. The zero-order valence-corrected chi connectivity index (χ0v) is 15.0. The number of morpholine rings is 1. The van der Waals surface area contributed by atoms with E-state index in [9.17, 15) is 9.59 Å². The van der Waals surface area contributed by atoms with Gasteiger partial charge in [0.15, 0.2) is 0 Å². The fraction of sp³-hybridized carbons (Fsp3) is 0.556. The minimum atomic E-state index is -0.312. The third-order valence-corrected chi connectivity index (χ3v) is 4.25. The lowest BCUT2D eigenvalue weighted by molar-refractivity contribution is -0.121. The molecule has 138 valence electrons. The van der Waals surface area contributed by atoms with Crippen LogP contribution >= 0.6 is 0 Å². The number of amides is 3. The van der Waals surface area contributed by atoms with Crippen LogP contribution in [-0.2, 0) is 9.53 Å². The van der Waals surface area contributed by atoms with Crippen LogP contribution in [-0.4, -0.2) is 61.8 Å². The van der Waals surface area contributed by atoms with Gasteiger partial charge in [0.2, 0.25) is 5.91 Å². The van der Waals surface area contributed by atoms with Crippen molar-refractivity contribution in [3.8, 4) is 0 Å². The summed E-state index contributed by atoms with van der Waals surface area (Å²) in [6.45, 7) is 8.32. The number of urea groups is 1. The highest BCUT2D eigenvalue weighted by molar-refractivity contribution is 5.89. The van der Waals surface area contributed by atoms with Gasteiger partial charge >= 0.3 is 6.03 Å². The molecular weight excluding hydrogens is 320 g/mol. The molecule has 25 heavy (non-hydrogen) atoms. The predicted molar refractivity (Wildman–Crippen MR) is 97.6 cm³/mol. The van der Waals surface area contributed by atoms with Crippen LogP contribution < -0.4 is 16.0 Å². The summed E-state index contributed by atoms with van der Waals surface area (Å²) in [5, 5.41) is 8.35. The molecule has 1 aliphatic heterocycles. The quantitative estimate of drug-likeness (QED) is 0.696. The molecule has 3 amide bonds. The Balaban J connectivity index is 1.62. The lowest BCUT2D eigenvalue weighted by Gasteiger charge is -2.40. The fourth-order valence-corrected chi connectivity index (χ4v) is 2.67. The van der Waals surface area contributed by atoms with E-state index in [4.69, 9.17) is 4.74 Å². The summed E-state index contributed by atoms with van der Waals surface area (Å²) in [4.78, 5) is 26.1. The Labute approximate surface area is 149 Å². The molecule has 1 aromatic carbocycles. The SMILES string of the molecule is CC(C)(CNC(=O)CCNC(=O)Nc1ccccc1)N1CCOCC1. The second kappa shape index (κ2) is 9.39. The van der Waals surface area contributed by atoms with Gasteiger partial charge in [0.1, 0.15) is 0 Å². The maximum Gasteiger partial charge on any atom is 0.319 e. The first-order valence-corrected chi connectivity index (χ1v) is 8.67. The Bertz CT molecular complexity index is 557. The highest BCUT2D eigenvalue weighted by Crippen LogP contribution is 2.15. The van der Waals surface area contributed by atoms with Crippen LogP contribution in [0, 0.1) is 0 Å². The number of carbonyl (C=O) groups is 2. The van der Waals surface area contributed by atoms with Crippen LogP contribution in [0.25, 0.3) is 0 Å². The van der Waals surface area contributed by atoms with Crippen molar-refractivity contribution in [2.45, 2.75) is 25.8 Å². The van der Waals surface area contributed by atoms with E-state index in [1.54, 1.807) is 12.1 Å². The molecule has 1 aromatic rings. The Morgan fingerprint density at radius 3 is 2.48 bits per heavy atom. The maximum atomic E-state index is 12.0. The molecule has 0 aliphatic carbocycles. The average Bonchev–Trinajstić information content (AvgIpc) is 2.62. The van der Waals surface area contributed by atoms with E-state index in [1.165, 1.54) is 0 Å². The second-order valence-electron chi connectivity index (χ2n) is 6.69. The summed E-state index contributed by atoms with van der Waals surface area (Å²) in [6, 6.07) is 8.87. The number of nitrogens with one attached hydrogen (secondary N) is 3. The molecule has 0 atom stereocenters. The largest absolute Gasteiger partial charge is 0.379 e. The summed E-state index contributed by atoms with van der Waals surface area (Å²) >= 11 is 0. The zero-order chi connectivity index (χ0) is 18.1. The van der Waals surface area contributed by atoms with Crippen molar-refractivity contribution in [2.75, 3.05) is 44.7 Å². The number of hydrogen-bond acceptors (Lipinski definition) is 4. The normalized spacial score (nSPS) is 15.4. The van der Waals surface area contributed by atoms with Gasteiger partial charge in [0.05, 0.1) is 13.2 Å². The lowest BCUT2D eigenvalue weighted by Crippen LogP contribution is -2.55. The van der Waals surface area contributed by atoms with Gasteiger partial charge in [-0.25, -0.2) is 4.79 Å². The van der Waals surface area contributed by atoms with Crippen LogP contribution in [0.2, 0.25) is 0 Å². The number of anilines is 1. The summed E-state index contributed by atoms with van der Waals surface area (Å²) in [5.74, 6) is -0.0682. The number of ether oxygens (including phenoxy) is 1. The number of carbonyl (C=O) groups excluding carboxylic acids is 2. The first-order valence-electron chi connectivity index (χ1n) is 8.67. The molecule has 1 aliphatic rings. The highest BCUT2D eigenvalue weighted by Gasteiger charge is 2.28. The number of hydrogen-bond donors (Lipinski definition) is 3. The van der Waals surface area contributed by atoms with Crippen molar-refractivity contribution in [1.29, 1.82) is 0 Å². The standard InChI is InChI=1S/C18H28N4O3/c1-18(2,22-10-12-25-13-11-22)14-20-16(23)8-9-19-17(24)21-15-6-4-3-5-7-15/h3-7H,8-14H2,1-2H3,(H,20,23)(H2,19,21,24). The van der Waals surface area contributed by atoms with Crippen LogP contribution in [0.5, 0.6) is 0 Å². The first kappa shape index (κ1) is 19.2. The number of nitrogens with zero attached hydrogens (tertiary/aromatic N) is 1. The number of benzene rings is 1.